The molecular weight excluding hydrogens is 586 g/mol. The topological polar surface area (TPSA) is 124 Å². The van der Waals surface area contributed by atoms with E-state index in [4.69, 9.17) is 14.2 Å². The number of carbonyl (C=O) groups is 3. The van der Waals surface area contributed by atoms with Crippen LogP contribution in [0.1, 0.15) is 39.9 Å². The summed E-state index contributed by atoms with van der Waals surface area (Å²) < 4.78 is 19.5. The van der Waals surface area contributed by atoms with E-state index in [0.717, 1.165) is 16.7 Å². The van der Waals surface area contributed by atoms with Crippen molar-refractivity contribution in [3.63, 3.8) is 0 Å². The van der Waals surface area contributed by atoms with E-state index in [2.05, 4.69) is 15.7 Å². The summed E-state index contributed by atoms with van der Waals surface area (Å²) in [7, 11) is 1.53. The van der Waals surface area contributed by atoms with Crippen LogP contribution in [0.25, 0.3) is 0 Å². The number of carbonyl (C=O) groups excluding carboxylic acids is 3. The van der Waals surface area contributed by atoms with Crippen molar-refractivity contribution in [1.82, 2.24) is 25.3 Å². The molecule has 1 saturated heterocycles. The van der Waals surface area contributed by atoms with Gasteiger partial charge < -0.3 is 29.7 Å². The van der Waals surface area contributed by atoms with Crippen LogP contribution in [0, 0.1) is 0 Å². The minimum Gasteiger partial charge on any atom is -0.493 e. The Morgan fingerprint density at radius 2 is 1.85 bits per heavy atom. The average Bonchev–Trinajstić information content (AvgIpc) is 3.59. The molecule has 5 aliphatic heterocycles. The smallest absolute Gasteiger partial charge is 0.258 e. The van der Waals surface area contributed by atoms with Gasteiger partial charge in [0.2, 0.25) is 5.91 Å². The van der Waals surface area contributed by atoms with Crippen LogP contribution < -0.4 is 24.8 Å². The highest BCUT2D eigenvalue weighted by atomic mass is 16.5. The lowest BCUT2D eigenvalue weighted by Crippen LogP contribution is -2.58. The van der Waals surface area contributed by atoms with Crippen molar-refractivity contribution >= 4 is 17.7 Å². The number of hydrogen-bond acceptors (Lipinski definition) is 7. The van der Waals surface area contributed by atoms with Crippen molar-refractivity contribution in [3.8, 4) is 17.2 Å². The third kappa shape index (κ3) is 7.66. The molecule has 0 spiro atoms. The first-order chi connectivity index (χ1) is 22.4. The van der Waals surface area contributed by atoms with Crippen molar-refractivity contribution in [2.24, 2.45) is 0 Å². The maximum absolute atomic E-state index is 13.7. The van der Waals surface area contributed by atoms with Crippen molar-refractivity contribution in [2.75, 3.05) is 26.8 Å². The fourth-order valence-corrected chi connectivity index (χ4v) is 5.75. The highest BCUT2D eigenvalue weighted by Gasteiger charge is 2.34. The molecule has 3 amide bonds. The van der Waals surface area contributed by atoms with Crippen molar-refractivity contribution in [1.29, 1.82) is 0 Å². The van der Waals surface area contributed by atoms with E-state index in [0.29, 0.717) is 61.7 Å². The molecule has 4 bridgehead atoms. The molecular formula is C35H37N5O6. The molecule has 2 N–H and O–H groups in total. The first kappa shape index (κ1) is 30.7. The minimum absolute atomic E-state index is 0.0560. The normalized spacial score (nSPS) is 18.8. The van der Waals surface area contributed by atoms with E-state index in [1.807, 2.05) is 71.5 Å². The number of methoxy groups -OCH3 is 1. The summed E-state index contributed by atoms with van der Waals surface area (Å²) in [5.74, 6) is 1.02. The van der Waals surface area contributed by atoms with Crippen molar-refractivity contribution in [2.45, 2.75) is 44.5 Å². The van der Waals surface area contributed by atoms with Gasteiger partial charge in [0.05, 0.1) is 19.7 Å². The molecule has 6 heterocycles. The molecule has 11 nitrogen and oxygen atoms in total. The first-order valence-corrected chi connectivity index (χ1v) is 15.4. The summed E-state index contributed by atoms with van der Waals surface area (Å²) in [5.41, 5.74) is 3.40. The molecule has 238 valence electrons. The zero-order valence-electron chi connectivity index (χ0n) is 25.7. The second kappa shape index (κ2) is 14.2. The highest BCUT2D eigenvalue weighted by Crippen LogP contribution is 2.29. The van der Waals surface area contributed by atoms with Crippen LogP contribution in [0.5, 0.6) is 17.2 Å². The Balaban J connectivity index is 1.21. The number of aromatic nitrogens is 2. The van der Waals surface area contributed by atoms with Gasteiger partial charge in [0.1, 0.15) is 11.9 Å². The molecule has 0 unspecified atom stereocenters. The molecule has 5 aliphatic rings. The number of hydrogen-bond donors (Lipinski definition) is 2. The van der Waals surface area contributed by atoms with Crippen LogP contribution in [-0.2, 0) is 29.1 Å². The van der Waals surface area contributed by atoms with Crippen LogP contribution in [0.4, 0.5) is 0 Å². The molecule has 0 radical (unpaired) electrons. The van der Waals surface area contributed by atoms with Gasteiger partial charge in [-0.15, -0.1) is 0 Å². The van der Waals surface area contributed by atoms with Gasteiger partial charge in [0.15, 0.2) is 18.1 Å². The summed E-state index contributed by atoms with van der Waals surface area (Å²) in [6.07, 6.45) is 4.58. The van der Waals surface area contributed by atoms with Crippen LogP contribution in [0.3, 0.4) is 0 Å². The standard InChI is InChI=1S/C35H37N5O6/c1-44-32-19-24-8-12-31(32)45-23-34(42)38-29-22-39(35(43)27-5-2-4-26(18-27)21-40-16-3-15-37-40)17-14-30(29)46-28-10-6-25(7-11-28)20-36-33(41)13-9-24/h2-8,10-12,15-16,18-19,29-30H,9,13-14,17,20-23H2,1H3,(H,36,41)(H,38,42)/t29-,30-/m1/s1. The predicted molar refractivity (Wildman–Crippen MR) is 170 cm³/mol. The van der Waals surface area contributed by atoms with Gasteiger partial charge in [-0.2, -0.15) is 5.10 Å². The lowest BCUT2D eigenvalue weighted by Gasteiger charge is -2.39. The van der Waals surface area contributed by atoms with Crippen LogP contribution in [0.15, 0.2) is 85.2 Å². The fraction of sp³-hybridized carbons (Fsp3) is 0.314. The van der Waals surface area contributed by atoms with E-state index < -0.39 is 6.04 Å². The SMILES string of the molecule is COc1cc2ccc1OCC(=O)N[C@@H]1CN(C(=O)c3cccc(Cn4cccn4)c3)CC[C@H]1Oc1ccc(cc1)CNC(=O)CC2. The lowest BCUT2D eigenvalue weighted by molar-refractivity contribution is -0.125. The number of amides is 3. The molecule has 9 rings (SSSR count). The Kier molecular flexibility index (Phi) is 9.47. The average molecular weight is 624 g/mol. The highest BCUT2D eigenvalue weighted by molar-refractivity contribution is 5.94. The molecule has 46 heavy (non-hydrogen) atoms. The number of nitrogens with zero attached hydrogens (tertiary/aromatic N) is 3. The number of likely N-dealkylation sites (tertiary alicyclic amines) is 1. The zero-order valence-corrected chi connectivity index (χ0v) is 25.7. The van der Waals surface area contributed by atoms with Gasteiger partial charge in [-0.25, -0.2) is 0 Å². The number of nitrogens with one attached hydrogen (secondary N) is 2. The number of aryl methyl sites for hydroxylation is 1. The second-order valence-electron chi connectivity index (χ2n) is 11.5. The largest absolute Gasteiger partial charge is 0.493 e. The van der Waals surface area contributed by atoms with Crippen LogP contribution in [0.2, 0.25) is 0 Å². The maximum atomic E-state index is 13.7. The molecule has 1 fully saturated rings. The number of benzene rings is 3. The molecule has 11 heteroatoms. The molecule has 4 aromatic rings. The first-order valence-electron chi connectivity index (χ1n) is 15.4. The molecule has 2 atom stereocenters. The quantitative estimate of drug-likeness (QED) is 0.357. The third-order valence-corrected chi connectivity index (χ3v) is 8.19. The van der Waals surface area contributed by atoms with Gasteiger partial charge >= 0.3 is 0 Å². The van der Waals surface area contributed by atoms with Crippen molar-refractivity contribution in [3.05, 3.63) is 107 Å². The van der Waals surface area contributed by atoms with Gasteiger partial charge in [0, 0.05) is 50.4 Å². The summed E-state index contributed by atoms with van der Waals surface area (Å²) in [6, 6.07) is 21.9. The van der Waals surface area contributed by atoms with Crippen LogP contribution in [-0.4, -0.2) is 71.4 Å². The minimum atomic E-state index is -0.491. The number of piperidine rings is 1. The Bertz CT molecular complexity index is 1670. The lowest BCUT2D eigenvalue weighted by atomic mass is 10.00. The summed E-state index contributed by atoms with van der Waals surface area (Å²) in [5, 5.41) is 10.3. The van der Waals surface area contributed by atoms with E-state index >= 15 is 0 Å². The van der Waals surface area contributed by atoms with Gasteiger partial charge in [-0.05, 0) is 65.6 Å². The predicted octanol–water partition coefficient (Wildman–Crippen LogP) is 3.36. The molecule has 0 aliphatic carbocycles. The Morgan fingerprint density at radius 1 is 1.00 bits per heavy atom. The number of ether oxygens (including phenoxy) is 3. The summed E-state index contributed by atoms with van der Waals surface area (Å²) in [4.78, 5) is 41.2. The van der Waals surface area contributed by atoms with Crippen molar-refractivity contribution < 1.29 is 28.6 Å². The Morgan fingerprint density at radius 3 is 2.65 bits per heavy atom. The maximum Gasteiger partial charge on any atom is 0.258 e. The monoisotopic (exact) mass is 623 g/mol. The Labute approximate surface area is 267 Å². The zero-order chi connectivity index (χ0) is 31.9. The summed E-state index contributed by atoms with van der Waals surface area (Å²) in [6.45, 7) is 1.43. The molecule has 3 aromatic carbocycles. The third-order valence-electron chi connectivity index (χ3n) is 8.19. The molecule has 0 saturated carbocycles. The van der Waals surface area contributed by atoms with E-state index in [1.54, 1.807) is 23.2 Å². The number of rotatable bonds is 4. The Hall–Kier alpha value is -5.32. The van der Waals surface area contributed by atoms with Gasteiger partial charge in [0.25, 0.3) is 11.8 Å². The summed E-state index contributed by atoms with van der Waals surface area (Å²) >= 11 is 0. The van der Waals surface area contributed by atoms with Gasteiger partial charge in [-0.3, -0.25) is 19.1 Å². The fourth-order valence-electron chi connectivity index (χ4n) is 5.75. The molecule has 1 aromatic heterocycles. The van der Waals surface area contributed by atoms with E-state index in [-0.39, 0.29) is 37.0 Å². The van der Waals surface area contributed by atoms with E-state index in [9.17, 15) is 14.4 Å². The van der Waals surface area contributed by atoms with E-state index in [1.165, 1.54) is 7.11 Å². The van der Waals surface area contributed by atoms with Gasteiger partial charge in [-0.1, -0.05) is 30.3 Å². The second-order valence-corrected chi connectivity index (χ2v) is 11.5. The van der Waals surface area contributed by atoms with Crippen LogP contribution >= 0.6 is 0 Å².